The molecule has 4 heteroatoms. The van der Waals surface area contributed by atoms with E-state index in [1.54, 1.807) is 0 Å². The van der Waals surface area contributed by atoms with E-state index in [0.29, 0.717) is 0 Å². The van der Waals surface area contributed by atoms with Crippen LogP contribution in [0.25, 0.3) is 11.0 Å². The first-order chi connectivity index (χ1) is 10.1. The quantitative estimate of drug-likeness (QED) is 0.783. The minimum Gasteiger partial charge on any atom is -0.385 e. The van der Waals surface area contributed by atoms with E-state index in [9.17, 15) is 0 Å². The molecule has 1 heterocycles. The minimum atomic E-state index is 0.745. The van der Waals surface area contributed by atoms with Gasteiger partial charge < -0.3 is 9.88 Å². The van der Waals surface area contributed by atoms with Crippen molar-refractivity contribution < 1.29 is 0 Å². The highest BCUT2D eigenvalue weighted by Crippen LogP contribution is 2.20. The van der Waals surface area contributed by atoms with Crippen LogP contribution in [0.5, 0.6) is 0 Å². The van der Waals surface area contributed by atoms with Crippen LogP contribution < -0.4 is 5.32 Å². The van der Waals surface area contributed by atoms with Crippen molar-refractivity contribution in [2.24, 2.45) is 7.05 Å². The summed E-state index contributed by atoms with van der Waals surface area (Å²) in [6, 6.07) is 14.2. The van der Waals surface area contributed by atoms with E-state index in [1.807, 2.05) is 25.2 Å². The molecule has 1 aromatic heterocycles. The molecule has 3 rings (SSSR count). The van der Waals surface area contributed by atoms with Crippen LogP contribution in [0, 0.1) is 6.92 Å². The molecule has 0 atom stereocenters. The lowest BCUT2D eigenvalue weighted by Gasteiger charge is -2.07. The number of rotatable bonds is 4. The molecule has 0 saturated heterocycles. The minimum absolute atomic E-state index is 0.745. The molecule has 0 aliphatic carbocycles. The summed E-state index contributed by atoms with van der Waals surface area (Å²) >= 11 is 6.04. The Morgan fingerprint density at radius 1 is 1.14 bits per heavy atom. The summed E-state index contributed by atoms with van der Waals surface area (Å²) in [6.45, 7) is 2.95. The number of anilines is 1. The maximum absolute atomic E-state index is 6.04. The molecule has 1 N–H and O–H groups in total. The molecule has 0 fully saturated rings. The molecule has 0 radical (unpaired) electrons. The molecule has 3 nitrogen and oxygen atoms in total. The van der Waals surface area contributed by atoms with Crippen LogP contribution >= 0.6 is 11.6 Å². The Morgan fingerprint density at radius 3 is 2.67 bits per heavy atom. The average molecular weight is 300 g/mol. The van der Waals surface area contributed by atoms with Gasteiger partial charge in [-0.2, -0.15) is 0 Å². The zero-order valence-electron chi connectivity index (χ0n) is 12.2. The van der Waals surface area contributed by atoms with Gasteiger partial charge >= 0.3 is 0 Å². The highest BCUT2D eigenvalue weighted by Gasteiger charge is 2.07. The van der Waals surface area contributed by atoms with Crippen molar-refractivity contribution in [1.29, 1.82) is 0 Å². The highest BCUT2D eigenvalue weighted by atomic mass is 35.5. The van der Waals surface area contributed by atoms with E-state index >= 15 is 0 Å². The number of fused-ring (bicyclic) bond motifs is 1. The molecule has 2 aromatic carbocycles. The number of aromatic nitrogens is 2. The van der Waals surface area contributed by atoms with E-state index < -0.39 is 0 Å². The lowest BCUT2D eigenvalue weighted by Crippen LogP contribution is -2.08. The Morgan fingerprint density at radius 2 is 1.90 bits per heavy atom. The molecule has 0 unspecified atom stereocenters. The highest BCUT2D eigenvalue weighted by molar-refractivity contribution is 6.31. The zero-order valence-corrected chi connectivity index (χ0v) is 13.0. The third-order valence-electron chi connectivity index (χ3n) is 3.66. The Kier molecular flexibility index (Phi) is 3.84. The maximum Gasteiger partial charge on any atom is 0.111 e. The van der Waals surface area contributed by atoms with Gasteiger partial charge in [0.1, 0.15) is 5.82 Å². The first-order valence-electron chi connectivity index (χ1n) is 7.05. The molecule has 3 aromatic rings. The number of hydrogen-bond acceptors (Lipinski definition) is 2. The summed E-state index contributed by atoms with van der Waals surface area (Å²) in [7, 11) is 2.03. The first kappa shape index (κ1) is 14.0. The fourth-order valence-corrected chi connectivity index (χ4v) is 2.59. The van der Waals surface area contributed by atoms with E-state index in [0.717, 1.165) is 40.5 Å². The van der Waals surface area contributed by atoms with Crippen molar-refractivity contribution in [2.75, 3.05) is 11.9 Å². The Labute approximate surface area is 129 Å². The van der Waals surface area contributed by atoms with E-state index in [2.05, 4.69) is 46.1 Å². The summed E-state index contributed by atoms with van der Waals surface area (Å²) in [4.78, 5) is 4.66. The van der Waals surface area contributed by atoms with Gasteiger partial charge in [0.15, 0.2) is 0 Å². The van der Waals surface area contributed by atoms with E-state index in [4.69, 9.17) is 11.6 Å². The van der Waals surface area contributed by atoms with Gasteiger partial charge in [0.05, 0.1) is 11.0 Å². The van der Waals surface area contributed by atoms with Crippen LogP contribution in [0.2, 0.25) is 5.02 Å². The standard InChI is InChI=1S/C17H18ClN3/c1-12-3-6-14(7-4-12)19-10-9-17-20-15-8-5-13(18)11-16(15)21(17)2/h3-8,11,19H,9-10H2,1-2H3. The van der Waals surface area contributed by atoms with Gasteiger partial charge in [0.25, 0.3) is 0 Å². The number of hydrogen-bond donors (Lipinski definition) is 1. The molecule has 0 saturated carbocycles. The van der Waals surface area contributed by atoms with Crippen LogP contribution in [0.4, 0.5) is 5.69 Å². The Balaban J connectivity index is 1.70. The second-order valence-electron chi connectivity index (χ2n) is 5.26. The average Bonchev–Trinajstić information content (AvgIpc) is 2.78. The predicted molar refractivity (Wildman–Crippen MR) is 89.1 cm³/mol. The van der Waals surface area contributed by atoms with Gasteiger partial charge in [0.2, 0.25) is 0 Å². The molecule has 0 bridgehead atoms. The summed E-state index contributed by atoms with van der Waals surface area (Å²) in [5.74, 6) is 1.06. The SMILES string of the molecule is Cc1ccc(NCCc2nc3ccc(Cl)cc3n2C)cc1. The number of aryl methyl sites for hydroxylation is 2. The molecule has 21 heavy (non-hydrogen) atoms. The lowest BCUT2D eigenvalue weighted by molar-refractivity contribution is 0.808. The zero-order chi connectivity index (χ0) is 14.8. The summed E-state index contributed by atoms with van der Waals surface area (Å²) in [6.07, 6.45) is 0.872. The second kappa shape index (κ2) is 5.78. The second-order valence-corrected chi connectivity index (χ2v) is 5.70. The normalized spacial score (nSPS) is 11.0. The topological polar surface area (TPSA) is 29.9 Å². The maximum atomic E-state index is 6.04. The van der Waals surface area contributed by atoms with Crippen LogP contribution in [0.3, 0.4) is 0 Å². The third kappa shape index (κ3) is 3.03. The van der Waals surface area contributed by atoms with Gasteiger partial charge in [-0.25, -0.2) is 4.98 Å². The molecule has 0 amide bonds. The van der Waals surface area contributed by atoms with Crippen molar-refractivity contribution in [2.45, 2.75) is 13.3 Å². The Bertz CT molecular complexity index is 760. The van der Waals surface area contributed by atoms with E-state index in [1.165, 1.54) is 5.56 Å². The third-order valence-corrected chi connectivity index (χ3v) is 3.90. The number of imidazole rings is 1. The van der Waals surface area contributed by atoms with Crippen LogP contribution in [-0.4, -0.2) is 16.1 Å². The smallest absolute Gasteiger partial charge is 0.111 e. The van der Waals surface area contributed by atoms with Crippen LogP contribution in [0.1, 0.15) is 11.4 Å². The van der Waals surface area contributed by atoms with Gasteiger partial charge in [0, 0.05) is 30.7 Å². The largest absolute Gasteiger partial charge is 0.385 e. The lowest BCUT2D eigenvalue weighted by atomic mass is 10.2. The van der Waals surface area contributed by atoms with Gasteiger partial charge in [-0.05, 0) is 37.3 Å². The van der Waals surface area contributed by atoms with Crippen molar-refractivity contribution in [3.8, 4) is 0 Å². The van der Waals surface area contributed by atoms with E-state index in [-0.39, 0.29) is 0 Å². The summed E-state index contributed by atoms with van der Waals surface area (Å²) < 4.78 is 2.11. The molecule has 108 valence electrons. The van der Waals surface area contributed by atoms with Crippen molar-refractivity contribution in [3.63, 3.8) is 0 Å². The number of halogens is 1. The van der Waals surface area contributed by atoms with Gasteiger partial charge in [-0.1, -0.05) is 29.3 Å². The number of nitrogens with zero attached hydrogens (tertiary/aromatic N) is 2. The number of benzene rings is 2. The first-order valence-corrected chi connectivity index (χ1v) is 7.43. The van der Waals surface area contributed by atoms with Crippen molar-refractivity contribution >= 4 is 28.3 Å². The van der Waals surface area contributed by atoms with Crippen LogP contribution in [-0.2, 0) is 13.5 Å². The molecule has 0 aliphatic rings. The monoisotopic (exact) mass is 299 g/mol. The molecular formula is C17H18ClN3. The summed E-state index contributed by atoms with van der Waals surface area (Å²) in [5, 5.41) is 4.17. The molecule has 0 aliphatic heterocycles. The summed E-state index contributed by atoms with van der Waals surface area (Å²) in [5.41, 5.74) is 4.48. The predicted octanol–water partition coefficient (Wildman–Crippen LogP) is 4.19. The van der Waals surface area contributed by atoms with Crippen LogP contribution in [0.15, 0.2) is 42.5 Å². The molecular weight excluding hydrogens is 282 g/mol. The fraction of sp³-hybridized carbons (Fsp3) is 0.235. The fourth-order valence-electron chi connectivity index (χ4n) is 2.43. The van der Waals surface area contributed by atoms with Gasteiger partial charge in [-0.15, -0.1) is 0 Å². The van der Waals surface area contributed by atoms with Crippen molar-refractivity contribution in [3.05, 3.63) is 58.9 Å². The van der Waals surface area contributed by atoms with Gasteiger partial charge in [-0.3, -0.25) is 0 Å². The Hall–Kier alpha value is -2.00. The van der Waals surface area contributed by atoms with Crippen molar-refractivity contribution in [1.82, 2.24) is 9.55 Å². The number of nitrogens with one attached hydrogen (secondary N) is 1. The molecule has 0 spiro atoms.